The molecule has 2 heterocycles. The van der Waals surface area contributed by atoms with Crippen molar-refractivity contribution in [3.05, 3.63) is 72.2 Å². The van der Waals surface area contributed by atoms with Crippen LogP contribution in [0.15, 0.2) is 61.1 Å². The number of nitrogens with one attached hydrogen (secondary N) is 1. The van der Waals surface area contributed by atoms with E-state index in [1.54, 1.807) is 30.7 Å². The first-order chi connectivity index (χ1) is 12.1. The number of nitrogens with zero attached hydrogens (tertiary/aromatic N) is 2. The number of nitrogens with two attached hydrogens (primary N) is 1. The van der Waals surface area contributed by atoms with Crippen LogP contribution in [0, 0.1) is 5.92 Å². The summed E-state index contributed by atoms with van der Waals surface area (Å²) in [6.45, 7) is 4.11. The number of hydrogen-bond donors (Lipinski definition) is 2. The minimum Gasteiger partial charge on any atom is -0.344 e. The highest BCUT2D eigenvalue weighted by molar-refractivity contribution is 6.05. The molecule has 5 nitrogen and oxygen atoms in total. The number of carbonyl (C=O) groups excluding carboxylic acids is 1. The molecule has 0 bridgehead atoms. The molecule has 2 unspecified atom stereocenters. The lowest BCUT2D eigenvalue weighted by atomic mass is 9.91. The van der Waals surface area contributed by atoms with Crippen LogP contribution in [-0.2, 0) is 0 Å². The van der Waals surface area contributed by atoms with E-state index in [9.17, 15) is 4.79 Å². The fourth-order valence-electron chi connectivity index (χ4n) is 2.85. The van der Waals surface area contributed by atoms with E-state index >= 15 is 0 Å². The molecular formula is C20H22N4O. The van der Waals surface area contributed by atoms with Crippen LogP contribution in [0.3, 0.4) is 0 Å². The van der Waals surface area contributed by atoms with Gasteiger partial charge in [-0.15, -0.1) is 0 Å². The Balaban J connectivity index is 1.95. The third-order valence-corrected chi connectivity index (χ3v) is 4.39. The van der Waals surface area contributed by atoms with E-state index in [4.69, 9.17) is 5.73 Å². The van der Waals surface area contributed by atoms with Crippen LogP contribution in [0.2, 0.25) is 0 Å². The van der Waals surface area contributed by atoms with Crippen molar-refractivity contribution in [1.29, 1.82) is 0 Å². The standard InChI is InChI=1S/C20H22N4O/c1-13(2)18(21)19(14-6-4-3-5-7-14)24-20(25)15-8-11-23-17-9-10-22-12-16(15)17/h3-13,18-19H,21H2,1-2H3,(H,24,25). The summed E-state index contributed by atoms with van der Waals surface area (Å²) in [7, 11) is 0. The van der Waals surface area contributed by atoms with Crippen LogP contribution in [-0.4, -0.2) is 21.9 Å². The molecule has 5 heteroatoms. The van der Waals surface area contributed by atoms with Crippen LogP contribution in [0.5, 0.6) is 0 Å². The lowest BCUT2D eigenvalue weighted by Crippen LogP contribution is -2.43. The molecular weight excluding hydrogens is 312 g/mol. The van der Waals surface area contributed by atoms with Gasteiger partial charge in [0.1, 0.15) is 0 Å². The van der Waals surface area contributed by atoms with Gasteiger partial charge in [-0.05, 0) is 23.6 Å². The van der Waals surface area contributed by atoms with Gasteiger partial charge in [0, 0.05) is 30.0 Å². The first kappa shape index (κ1) is 17.0. The molecule has 0 radical (unpaired) electrons. The summed E-state index contributed by atoms with van der Waals surface area (Å²) in [5, 5.41) is 3.83. The predicted octanol–water partition coefficient (Wildman–Crippen LogP) is 3.08. The van der Waals surface area contributed by atoms with Gasteiger partial charge in [-0.3, -0.25) is 14.8 Å². The van der Waals surface area contributed by atoms with Gasteiger partial charge < -0.3 is 11.1 Å². The van der Waals surface area contributed by atoms with Crippen LogP contribution in [0.4, 0.5) is 0 Å². The highest BCUT2D eigenvalue weighted by atomic mass is 16.1. The van der Waals surface area contributed by atoms with Gasteiger partial charge in [0.15, 0.2) is 0 Å². The molecule has 128 valence electrons. The molecule has 0 saturated heterocycles. The molecule has 0 saturated carbocycles. The second-order valence-corrected chi connectivity index (χ2v) is 6.43. The number of aromatic nitrogens is 2. The van der Waals surface area contributed by atoms with Gasteiger partial charge in [-0.1, -0.05) is 44.2 Å². The number of rotatable bonds is 5. The Morgan fingerprint density at radius 3 is 2.56 bits per heavy atom. The largest absolute Gasteiger partial charge is 0.344 e. The summed E-state index contributed by atoms with van der Waals surface area (Å²) in [5.74, 6) is 0.0479. The summed E-state index contributed by atoms with van der Waals surface area (Å²) in [5.41, 5.74) is 8.68. The van der Waals surface area contributed by atoms with E-state index in [1.807, 2.05) is 30.3 Å². The second kappa shape index (κ2) is 7.40. The molecule has 0 aliphatic rings. The fraction of sp³-hybridized carbons (Fsp3) is 0.250. The first-order valence-electron chi connectivity index (χ1n) is 8.38. The Morgan fingerprint density at radius 1 is 1.08 bits per heavy atom. The third-order valence-electron chi connectivity index (χ3n) is 4.39. The van der Waals surface area contributed by atoms with E-state index in [0.29, 0.717) is 5.56 Å². The number of amides is 1. The Morgan fingerprint density at radius 2 is 1.84 bits per heavy atom. The van der Waals surface area contributed by atoms with Crippen LogP contribution < -0.4 is 11.1 Å². The summed E-state index contributed by atoms with van der Waals surface area (Å²) >= 11 is 0. The molecule has 0 aliphatic heterocycles. The average molecular weight is 334 g/mol. The van der Waals surface area contributed by atoms with Gasteiger partial charge in [-0.25, -0.2) is 0 Å². The Labute approximate surface area is 147 Å². The van der Waals surface area contributed by atoms with E-state index in [-0.39, 0.29) is 23.9 Å². The summed E-state index contributed by atoms with van der Waals surface area (Å²) in [6.07, 6.45) is 4.97. The zero-order chi connectivity index (χ0) is 17.8. The maximum Gasteiger partial charge on any atom is 0.252 e. The third kappa shape index (κ3) is 3.67. The molecule has 3 aromatic rings. The molecule has 3 rings (SSSR count). The maximum absolute atomic E-state index is 12.9. The zero-order valence-electron chi connectivity index (χ0n) is 14.4. The SMILES string of the molecule is CC(C)C(N)C(NC(=O)c1ccnc2ccncc12)c1ccccc1. The molecule has 0 fully saturated rings. The Bertz CT molecular complexity index is 858. The number of pyridine rings is 2. The van der Waals surface area contributed by atoms with Crippen molar-refractivity contribution < 1.29 is 4.79 Å². The lowest BCUT2D eigenvalue weighted by Gasteiger charge is -2.28. The number of benzene rings is 1. The van der Waals surface area contributed by atoms with E-state index in [0.717, 1.165) is 16.5 Å². The topological polar surface area (TPSA) is 80.9 Å². The molecule has 0 aliphatic carbocycles. The maximum atomic E-state index is 12.9. The number of hydrogen-bond acceptors (Lipinski definition) is 4. The van der Waals surface area contributed by atoms with Crippen molar-refractivity contribution in [1.82, 2.24) is 15.3 Å². The molecule has 1 amide bonds. The monoisotopic (exact) mass is 334 g/mol. The van der Waals surface area contributed by atoms with Gasteiger partial charge in [0.25, 0.3) is 5.91 Å². The normalized spacial score (nSPS) is 13.6. The van der Waals surface area contributed by atoms with E-state index in [1.165, 1.54) is 0 Å². The quantitative estimate of drug-likeness (QED) is 0.751. The van der Waals surface area contributed by atoms with Gasteiger partial charge >= 0.3 is 0 Å². The molecule has 25 heavy (non-hydrogen) atoms. The second-order valence-electron chi connectivity index (χ2n) is 6.43. The van der Waals surface area contributed by atoms with Crippen LogP contribution in [0.1, 0.15) is 35.8 Å². The molecule has 1 aromatic carbocycles. The minimum absolute atomic E-state index is 0.176. The zero-order valence-corrected chi connectivity index (χ0v) is 14.4. The van der Waals surface area contributed by atoms with Crippen molar-refractivity contribution in [2.24, 2.45) is 11.7 Å². The lowest BCUT2D eigenvalue weighted by molar-refractivity contribution is 0.0927. The summed E-state index contributed by atoms with van der Waals surface area (Å²) in [4.78, 5) is 21.3. The van der Waals surface area contributed by atoms with Crippen molar-refractivity contribution in [3.63, 3.8) is 0 Å². The van der Waals surface area contributed by atoms with Crippen molar-refractivity contribution >= 4 is 16.8 Å². The molecule has 3 N–H and O–H groups in total. The smallest absolute Gasteiger partial charge is 0.252 e. The van der Waals surface area contributed by atoms with E-state index in [2.05, 4.69) is 29.1 Å². The van der Waals surface area contributed by atoms with Gasteiger partial charge in [0.2, 0.25) is 0 Å². The van der Waals surface area contributed by atoms with Gasteiger partial charge in [0.05, 0.1) is 17.1 Å². The molecule has 2 atom stereocenters. The average Bonchev–Trinajstić information content (AvgIpc) is 2.65. The van der Waals surface area contributed by atoms with Crippen molar-refractivity contribution in [2.75, 3.05) is 0 Å². The van der Waals surface area contributed by atoms with Crippen LogP contribution in [0.25, 0.3) is 10.9 Å². The highest BCUT2D eigenvalue weighted by Gasteiger charge is 2.25. The minimum atomic E-state index is -0.270. The summed E-state index contributed by atoms with van der Waals surface area (Å²) in [6, 6.07) is 12.9. The fourth-order valence-corrected chi connectivity index (χ4v) is 2.85. The molecule has 2 aromatic heterocycles. The van der Waals surface area contributed by atoms with Gasteiger partial charge in [-0.2, -0.15) is 0 Å². The van der Waals surface area contributed by atoms with E-state index < -0.39 is 0 Å². The van der Waals surface area contributed by atoms with Crippen molar-refractivity contribution in [3.8, 4) is 0 Å². The Hall–Kier alpha value is -2.79. The Kier molecular flexibility index (Phi) is 5.05. The molecule has 0 spiro atoms. The summed E-state index contributed by atoms with van der Waals surface area (Å²) < 4.78 is 0. The van der Waals surface area contributed by atoms with Crippen molar-refractivity contribution in [2.45, 2.75) is 25.9 Å². The number of fused-ring (bicyclic) bond motifs is 1. The number of carbonyl (C=O) groups is 1. The van der Waals surface area contributed by atoms with Crippen LogP contribution >= 0.6 is 0 Å². The first-order valence-corrected chi connectivity index (χ1v) is 8.38. The highest BCUT2D eigenvalue weighted by Crippen LogP contribution is 2.22. The predicted molar refractivity (Wildman–Crippen MR) is 99.0 cm³/mol.